The van der Waals surface area contributed by atoms with Crippen molar-refractivity contribution in [2.75, 3.05) is 13.7 Å². The third kappa shape index (κ3) is 2.18. The van der Waals surface area contributed by atoms with Gasteiger partial charge in [0.05, 0.1) is 0 Å². The molecule has 0 aromatic carbocycles. The van der Waals surface area contributed by atoms with E-state index in [-0.39, 0.29) is 0 Å². The molecule has 112 valence electrons. The number of nitrogens with zero attached hydrogens (tertiary/aromatic N) is 1. The van der Waals surface area contributed by atoms with Gasteiger partial charge in [0.15, 0.2) is 6.23 Å². The fraction of sp³-hybridized carbons (Fsp3) is 0.636. The number of methoxy groups -OCH3 is 1. The van der Waals surface area contributed by atoms with Crippen LogP contribution in [-0.2, 0) is 9.47 Å². The van der Waals surface area contributed by atoms with Crippen LogP contribution in [0, 0.1) is 0 Å². The molecular weight excluding hydrogens is 275 g/mol. The summed E-state index contributed by atoms with van der Waals surface area (Å²) in [6, 6.07) is 1.02. The molecule has 2 heterocycles. The van der Waals surface area contributed by atoms with Gasteiger partial charge in [-0.1, -0.05) is 0 Å². The maximum Gasteiger partial charge on any atom is 0.330 e. The second-order valence-corrected chi connectivity index (χ2v) is 4.84. The fourth-order valence-electron chi connectivity index (χ4n) is 2.20. The summed E-state index contributed by atoms with van der Waals surface area (Å²) in [5, 5.41) is 20.1. The van der Waals surface area contributed by atoms with Gasteiger partial charge in [0, 0.05) is 19.4 Å². The van der Waals surface area contributed by atoms with Crippen LogP contribution in [0.1, 0.15) is 13.2 Å². The first kappa shape index (κ1) is 14.9. The second-order valence-electron chi connectivity index (χ2n) is 4.84. The number of aromatic nitrogens is 2. The van der Waals surface area contributed by atoms with Gasteiger partial charge in [0.2, 0.25) is 0 Å². The minimum Gasteiger partial charge on any atom is -0.384 e. The Kier molecular flexibility index (Phi) is 3.54. The summed E-state index contributed by atoms with van der Waals surface area (Å²) in [6.07, 6.45) is -2.40. The lowest BCUT2D eigenvalue weighted by molar-refractivity contribution is -0.212. The Bertz CT molecular complexity index is 611. The number of rotatable bonds is 3. The van der Waals surface area contributed by atoms with Crippen molar-refractivity contribution < 1.29 is 24.1 Å². The Morgan fingerprint density at radius 2 is 2.25 bits per heavy atom. The quantitative estimate of drug-likeness (QED) is 0.623. The zero-order valence-corrected chi connectivity index (χ0v) is 10.9. The number of aromatic amines is 1. The minimum atomic E-state index is -2.67. The number of ether oxygens (including phenoxy) is 2. The molecule has 1 aliphatic heterocycles. The van der Waals surface area contributed by atoms with Crippen molar-refractivity contribution >= 4 is 0 Å². The van der Waals surface area contributed by atoms with Crippen molar-refractivity contribution in [3.05, 3.63) is 33.1 Å². The molecule has 0 spiro atoms. The van der Waals surface area contributed by atoms with Crippen LogP contribution in [-0.4, -0.2) is 51.0 Å². The van der Waals surface area contributed by atoms with E-state index in [1.807, 2.05) is 4.98 Å². The fourth-order valence-corrected chi connectivity index (χ4v) is 2.20. The second kappa shape index (κ2) is 4.77. The maximum absolute atomic E-state index is 14.4. The molecule has 0 radical (unpaired) electrons. The highest BCUT2D eigenvalue weighted by Crippen LogP contribution is 2.44. The van der Waals surface area contributed by atoms with Gasteiger partial charge in [-0.25, -0.2) is 9.18 Å². The van der Waals surface area contributed by atoms with Gasteiger partial charge in [-0.05, 0) is 6.92 Å². The summed E-state index contributed by atoms with van der Waals surface area (Å²) in [7, 11) is 1.20. The van der Waals surface area contributed by atoms with Crippen molar-refractivity contribution in [3.63, 3.8) is 0 Å². The predicted octanol–water partition coefficient (Wildman–Crippen LogP) is -1.51. The average molecular weight is 290 g/mol. The molecule has 9 heteroatoms. The maximum atomic E-state index is 14.4. The van der Waals surface area contributed by atoms with E-state index in [0.29, 0.717) is 0 Å². The number of halogens is 1. The molecule has 1 saturated heterocycles. The summed E-state index contributed by atoms with van der Waals surface area (Å²) in [5.74, 6) is -2.67. The number of alkyl halides is 1. The van der Waals surface area contributed by atoms with Crippen molar-refractivity contribution in [1.29, 1.82) is 0 Å². The molecule has 2 rings (SSSR count). The number of nitrogens with one attached hydrogen (secondary N) is 1. The van der Waals surface area contributed by atoms with Crippen molar-refractivity contribution in [3.8, 4) is 0 Å². The van der Waals surface area contributed by atoms with E-state index in [4.69, 9.17) is 4.74 Å². The van der Waals surface area contributed by atoms with Gasteiger partial charge in [-0.2, -0.15) is 0 Å². The monoisotopic (exact) mass is 290 g/mol. The summed E-state index contributed by atoms with van der Waals surface area (Å²) >= 11 is 0. The van der Waals surface area contributed by atoms with E-state index in [2.05, 4.69) is 4.74 Å². The number of aliphatic hydroxyl groups excluding tert-OH is 1. The Hall–Kier alpha value is -1.55. The first-order valence-electron chi connectivity index (χ1n) is 5.80. The number of aliphatic hydroxyl groups is 2. The SMILES string of the molecule is COCC1(F)OC(n2ccc(=O)[nH]c2=O)C(C)(O)C1O. The molecule has 4 unspecified atom stereocenters. The van der Waals surface area contributed by atoms with Crippen LogP contribution in [0.2, 0.25) is 0 Å². The van der Waals surface area contributed by atoms with Crippen LogP contribution in [0.15, 0.2) is 21.9 Å². The van der Waals surface area contributed by atoms with Crippen LogP contribution < -0.4 is 11.2 Å². The van der Waals surface area contributed by atoms with Crippen LogP contribution in [0.25, 0.3) is 0 Å². The van der Waals surface area contributed by atoms with E-state index in [1.54, 1.807) is 0 Å². The lowest BCUT2D eigenvalue weighted by Gasteiger charge is -2.27. The van der Waals surface area contributed by atoms with Gasteiger partial charge in [0.1, 0.15) is 18.3 Å². The summed E-state index contributed by atoms with van der Waals surface area (Å²) in [4.78, 5) is 24.6. The molecule has 4 atom stereocenters. The standard InChI is InChI=1S/C11H15FN2O6/c1-10(18)7(16)11(12,5-19-2)20-8(10)14-4-3-6(15)13-9(14)17/h3-4,7-8,16,18H,5H2,1-2H3,(H,13,15,17). The molecule has 1 aromatic rings. The van der Waals surface area contributed by atoms with E-state index in [0.717, 1.165) is 23.8 Å². The Morgan fingerprint density at radius 1 is 1.60 bits per heavy atom. The van der Waals surface area contributed by atoms with E-state index < -0.39 is 41.6 Å². The van der Waals surface area contributed by atoms with E-state index >= 15 is 0 Å². The third-order valence-electron chi connectivity index (χ3n) is 3.21. The Balaban J connectivity index is 2.47. The molecule has 0 amide bonds. The lowest BCUT2D eigenvalue weighted by atomic mass is 9.95. The van der Waals surface area contributed by atoms with Crippen molar-refractivity contribution in [1.82, 2.24) is 9.55 Å². The molecular formula is C11H15FN2O6. The highest BCUT2D eigenvalue weighted by atomic mass is 19.2. The van der Waals surface area contributed by atoms with Gasteiger partial charge in [0.25, 0.3) is 11.4 Å². The highest BCUT2D eigenvalue weighted by Gasteiger charge is 2.63. The van der Waals surface area contributed by atoms with Crippen molar-refractivity contribution in [2.24, 2.45) is 0 Å². The average Bonchev–Trinajstić information content (AvgIpc) is 2.51. The molecule has 1 aliphatic rings. The Morgan fingerprint density at radius 3 is 2.80 bits per heavy atom. The molecule has 0 bridgehead atoms. The number of hydrogen-bond acceptors (Lipinski definition) is 6. The number of hydrogen-bond donors (Lipinski definition) is 3. The van der Waals surface area contributed by atoms with Crippen LogP contribution in [0.3, 0.4) is 0 Å². The molecule has 8 nitrogen and oxygen atoms in total. The normalized spacial score (nSPS) is 37.2. The van der Waals surface area contributed by atoms with Crippen LogP contribution >= 0.6 is 0 Å². The summed E-state index contributed by atoms with van der Waals surface area (Å²) in [6.45, 7) is 0.496. The molecule has 1 aromatic heterocycles. The molecule has 20 heavy (non-hydrogen) atoms. The molecule has 1 fully saturated rings. The van der Waals surface area contributed by atoms with E-state index in [1.165, 1.54) is 7.11 Å². The first-order valence-corrected chi connectivity index (χ1v) is 5.80. The highest BCUT2D eigenvalue weighted by molar-refractivity contribution is 5.04. The van der Waals surface area contributed by atoms with Gasteiger partial charge >= 0.3 is 5.69 Å². The first-order chi connectivity index (χ1) is 9.22. The molecule has 0 saturated carbocycles. The van der Waals surface area contributed by atoms with Crippen LogP contribution in [0.4, 0.5) is 4.39 Å². The third-order valence-corrected chi connectivity index (χ3v) is 3.21. The lowest BCUT2D eigenvalue weighted by Crippen LogP contribution is -2.50. The number of H-pyrrole nitrogens is 1. The largest absolute Gasteiger partial charge is 0.384 e. The van der Waals surface area contributed by atoms with Gasteiger partial charge in [-0.15, -0.1) is 0 Å². The predicted molar refractivity (Wildman–Crippen MR) is 63.8 cm³/mol. The molecule has 3 N–H and O–H groups in total. The summed E-state index contributed by atoms with van der Waals surface area (Å²) in [5.41, 5.74) is -3.63. The Labute approximate surface area is 112 Å². The van der Waals surface area contributed by atoms with E-state index in [9.17, 15) is 24.2 Å². The smallest absolute Gasteiger partial charge is 0.330 e. The topological polar surface area (TPSA) is 114 Å². The minimum absolute atomic E-state index is 0.626. The molecule has 0 aliphatic carbocycles. The van der Waals surface area contributed by atoms with Gasteiger partial charge < -0.3 is 19.7 Å². The zero-order chi connectivity index (χ0) is 15.1. The van der Waals surface area contributed by atoms with Gasteiger partial charge in [-0.3, -0.25) is 14.3 Å². The zero-order valence-electron chi connectivity index (χ0n) is 10.9. The van der Waals surface area contributed by atoms with Crippen molar-refractivity contribution in [2.45, 2.75) is 30.7 Å². The van der Waals surface area contributed by atoms with Crippen LogP contribution in [0.5, 0.6) is 0 Å². The summed E-state index contributed by atoms with van der Waals surface area (Å²) < 4.78 is 24.8.